The van der Waals surface area contributed by atoms with Gasteiger partial charge in [-0.25, -0.2) is 9.98 Å². The number of nitrogens with zero attached hydrogens (tertiary/aromatic N) is 4. The highest BCUT2D eigenvalue weighted by Gasteiger charge is 1.99. The van der Waals surface area contributed by atoms with E-state index in [4.69, 9.17) is 10.5 Å². The molecule has 1 heterocycles. The van der Waals surface area contributed by atoms with Crippen LogP contribution in [-0.2, 0) is 13.6 Å². The van der Waals surface area contributed by atoms with E-state index in [1.807, 2.05) is 24.3 Å². The molecule has 0 saturated heterocycles. The topological polar surface area (TPSA) is 90.4 Å². The maximum absolute atomic E-state index is 5.79. The minimum Gasteiger partial charge on any atom is -0.497 e. The van der Waals surface area contributed by atoms with Gasteiger partial charge < -0.3 is 15.8 Å². The van der Waals surface area contributed by atoms with Crippen molar-refractivity contribution in [3.05, 3.63) is 36.4 Å². The van der Waals surface area contributed by atoms with Crippen molar-refractivity contribution in [2.45, 2.75) is 6.54 Å². The fourth-order valence-electron chi connectivity index (χ4n) is 1.50. The Morgan fingerprint density at radius 3 is 2.95 bits per heavy atom. The molecule has 0 aliphatic rings. The van der Waals surface area contributed by atoms with Crippen LogP contribution in [0.5, 0.6) is 5.75 Å². The van der Waals surface area contributed by atoms with Gasteiger partial charge in [-0.3, -0.25) is 4.68 Å². The normalized spacial score (nSPS) is 10.8. The zero-order chi connectivity index (χ0) is 13.7. The number of nitrogens with one attached hydrogen (secondary N) is 1. The molecule has 0 aliphatic carbocycles. The molecule has 108 valence electrons. The fraction of sp³-hybridized carbons (Fsp3) is 0.250. The van der Waals surface area contributed by atoms with Gasteiger partial charge in [-0.2, -0.15) is 5.10 Å². The molecular formula is C12H17IN6O. The van der Waals surface area contributed by atoms with Crippen LogP contribution in [0.25, 0.3) is 0 Å². The van der Waals surface area contributed by atoms with Crippen LogP contribution in [0.15, 0.2) is 35.6 Å². The molecule has 0 atom stereocenters. The van der Waals surface area contributed by atoms with Gasteiger partial charge in [-0.1, -0.05) is 6.07 Å². The van der Waals surface area contributed by atoms with E-state index >= 15 is 0 Å². The summed E-state index contributed by atoms with van der Waals surface area (Å²) in [5.41, 5.74) is 6.60. The van der Waals surface area contributed by atoms with Crippen molar-refractivity contribution in [1.82, 2.24) is 14.8 Å². The summed E-state index contributed by atoms with van der Waals surface area (Å²) in [5.74, 6) is 1.68. The molecule has 0 radical (unpaired) electrons. The first-order chi connectivity index (χ1) is 9.17. The Hall–Kier alpha value is -1.84. The van der Waals surface area contributed by atoms with E-state index < -0.39 is 0 Å². The molecular weight excluding hydrogens is 371 g/mol. The SMILES string of the molecule is COc1cccc(NC(N)=NCc2ncn(C)n2)c1.I. The first-order valence-corrected chi connectivity index (χ1v) is 5.73. The van der Waals surface area contributed by atoms with Crippen LogP contribution >= 0.6 is 24.0 Å². The fourth-order valence-corrected chi connectivity index (χ4v) is 1.50. The van der Waals surface area contributed by atoms with Crippen LogP contribution in [-0.4, -0.2) is 27.8 Å². The Bertz CT molecular complexity index is 583. The molecule has 0 fully saturated rings. The van der Waals surface area contributed by atoms with Crippen molar-refractivity contribution in [2.24, 2.45) is 17.8 Å². The molecule has 8 heteroatoms. The lowest BCUT2D eigenvalue weighted by Crippen LogP contribution is -2.22. The number of benzene rings is 1. The second-order valence-electron chi connectivity index (χ2n) is 3.89. The lowest BCUT2D eigenvalue weighted by molar-refractivity contribution is 0.415. The third-order valence-electron chi connectivity index (χ3n) is 2.38. The Labute approximate surface area is 134 Å². The summed E-state index contributed by atoms with van der Waals surface area (Å²) in [6, 6.07) is 7.44. The summed E-state index contributed by atoms with van der Waals surface area (Å²) in [4.78, 5) is 8.23. The summed E-state index contributed by atoms with van der Waals surface area (Å²) in [7, 11) is 3.42. The highest BCUT2D eigenvalue weighted by atomic mass is 127. The molecule has 0 amide bonds. The molecule has 2 aromatic rings. The van der Waals surface area contributed by atoms with Gasteiger partial charge in [-0.05, 0) is 12.1 Å². The van der Waals surface area contributed by atoms with Crippen LogP contribution in [0.3, 0.4) is 0 Å². The molecule has 0 bridgehead atoms. The van der Waals surface area contributed by atoms with Gasteiger partial charge in [0.1, 0.15) is 18.6 Å². The zero-order valence-corrected chi connectivity index (χ0v) is 13.6. The lowest BCUT2D eigenvalue weighted by atomic mass is 10.3. The number of anilines is 1. The van der Waals surface area contributed by atoms with Crippen molar-refractivity contribution in [2.75, 3.05) is 12.4 Å². The number of rotatable bonds is 4. The van der Waals surface area contributed by atoms with Gasteiger partial charge in [0.05, 0.1) is 7.11 Å². The number of nitrogens with two attached hydrogens (primary N) is 1. The maximum Gasteiger partial charge on any atom is 0.193 e. The first-order valence-electron chi connectivity index (χ1n) is 5.73. The van der Waals surface area contributed by atoms with E-state index in [0.29, 0.717) is 18.3 Å². The standard InChI is InChI=1S/C12H16N6O.HI/c1-18-8-15-11(17-18)7-14-12(13)16-9-4-3-5-10(6-9)19-2;/h3-6,8H,7H2,1-2H3,(H3,13,14,16);1H. The van der Waals surface area contributed by atoms with Crippen molar-refractivity contribution >= 4 is 35.6 Å². The van der Waals surface area contributed by atoms with E-state index in [-0.39, 0.29) is 24.0 Å². The van der Waals surface area contributed by atoms with E-state index in [0.717, 1.165) is 11.4 Å². The Morgan fingerprint density at radius 2 is 2.30 bits per heavy atom. The molecule has 3 N–H and O–H groups in total. The number of hydrogen-bond donors (Lipinski definition) is 2. The predicted molar refractivity (Wildman–Crippen MR) is 88.4 cm³/mol. The number of aromatic nitrogens is 3. The molecule has 2 rings (SSSR count). The Morgan fingerprint density at radius 1 is 1.50 bits per heavy atom. The average molecular weight is 388 g/mol. The third kappa shape index (κ3) is 4.68. The van der Waals surface area contributed by atoms with E-state index in [9.17, 15) is 0 Å². The van der Waals surface area contributed by atoms with Crippen LogP contribution in [0.2, 0.25) is 0 Å². The number of guanidine groups is 1. The lowest BCUT2D eigenvalue weighted by Gasteiger charge is -2.06. The van der Waals surface area contributed by atoms with E-state index in [1.54, 1.807) is 25.2 Å². The second-order valence-corrected chi connectivity index (χ2v) is 3.89. The summed E-state index contributed by atoms with van der Waals surface area (Å²) < 4.78 is 6.75. The average Bonchev–Trinajstić information content (AvgIpc) is 2.82. The van der Waals surface area contributed by atoms with Crippen LogP contribution < -0.4 is 15.8 Å². The highest BCUT2D eigenvalue weighted by Crippen LogP contribution is 2.16. The van der Waals surface area contributed by atoms with Crippen LogP contribution in [0.1, 0.15) is 5.82 Å². The summed E-state index contributed by atoms with van der Waals surface area (Å²) >= 11 is 0. The molecule has 0 saturated carbocycles. The quantitative estimate of drug-likeness (QED) is 0.469. The molecule has 0 spiro atoms. The Kier molecular flexibility index (Phi) is 6.22. The van der Waals surface area contributed by atoms with Crippen molar-refractivity contribution in [3.63, 3.8) is 0 Å². The number of aliphatic imine (C=N–C) groups is 1. The molecule has 1 aromatic heterocycles. The summed E-state index contributed by atoms with van der Waals surface area (Å²) in [6.45, 7) is 0.337. The van der Waals surface area contributed by atoms with Gasteiger partial charge in [0.25, 0.3) is 0 Å². The smallest absolute Gasteiger partial charge is 0.193 e. The highest BCUT2D eigenvalue weighted by molar-refractivity contribution is 14.0. The van der Waals surface area contributed by atoms with Crippen molar-refractivity contribution in [3.8, 4) is 5.75 Å². The number of hydrogen-bond acceptors (Lipinski definition) is 4. The minimum atomic E-state index is 0. The van der Waals surface area contributed by atoms with Gasteiger partial charge in [-0.15, -0.1) is 24.0 Å². The van der Waals surface area contributed by atoms with Gasteiger partial charge in [0, 0.05) is 18.8 Å². The maximum atomic E-state index is 5.79. The predicted octanol–water partition coefficient (Wildman–Crippen LogP) is 1.37. The van der Waals surface area contributed by atoms with Crippen molar-refractivity contribution in [1.29, 1.82) is 0 Å². The van der Waals surface area contributed by atoms with E-state index in [2.05, 4.69) is 20.4 Å². The molecule has 0 unspecified atom stereocenters. The zero-order valence-electron chi connectivity index (χ0n) is 11.3. The van der Waals surface area contributed by atoms with Crippen LogP contribution in [0, 0.1) is 0 Å². The van der Waals surface area contributed by atoms with Gasteiger partial charge in [0.15, 0.2) is 11.8 Å². The number of aryl methyl sites for hydroxylation is 1. The van der Waals surface area contributed by atoms with Gasteiger partial charge in [0.2, 0.25) is 0 Å². The largest absolute Gasteiger partial charge is 0.497 e. The molecule has 20 heavy (non-hydrogen) atoms. The molecule has 0 aliphatic heterocycles. The summed E-state index contributed by atoms with van der Waals surface area (Å²) in [6.07, 6.45) is 1.62. The van der Waals surface area contributed by atoms with Crippen LogP contribution in [0.4, 0.5) is 5.69 Å². The van der Waals surface area contributed by atoms with E-state index in [1.165, 1.54) is 0 Å². The number of methoxy groups -OCH3 is 1. The minimum absolute atomic E-state index is 0. The first kappa shape index (κ1) is 16.2. The number of halogens is 1. The van der Waals surface area contributed by atoms with Gasteiger partial charge >= 0.3 is 0 Å². The molecule has 1 aromatic carbocycles. The third-order valence-corrected chi connectivity index (χ3v) is 2.38. The molecule has 7 nitrogen and oxygen atoms in total. The monoisotopic (exact) mass is 388 g/mol. The Balaban J connectivity index is 0.00000200. The summed E-state index contributed by atoms with van der Waals surface area (Å²) in [5, 5.41) is 7.09. The van der Waals surface area contributed by atoms with Crippen molar-refractivity contribution < 1.29 is 4.74 Å². The second kappa shape index (κ2) is 7.68. The number of ether oxygens (including phenoxy) is 1.